The Balaban J connectivity index is 2.12. The standard InChI is InChI=1S/C17H24FNO/c1-11(10-19-17(3,4)5)12(2)16-9-13-8-14(18)6-7-15(13)20-16/h6-9,11-12,19H,10H2,1-5H3. The van der Waals surface area contributed by atoms with E-state index in [1.807, 2.05) is 6.07 Å². The fourth-order valence-electron chi connectivity index (χ4n) is 2.18. The van der Waals surface area contributed by atoms with Crippen LogP contribution in [0.15, 0.2) is 28.7 Å². The molecule has 1 N–H and O–H groups in total. The van der Waals surface area contributed by atoms with Crippen molar-refractivity contribution in [3.63, 3.8) is 0 Å². The van der Waals surface area contributed by atoms with Crippen LogP contribution in [0.4, 0.5) is 4.39 Å². The highest BCUT2D eigenvalue weighted by molar-refractivity contribution is 5.78. The molecule has 0 aliphatic rings. The van der Waals surface area contributed by atoms with Crippen LogP contribution in [-0.2, 0) is 0 Å². The Bertz CT molecular complexity index is 582. The van der Waals surface area contributed by atoms with Crippen LogP contribution in [-0.4, -0.2) is 12.1 Å². The van der Waals surface area contributed by atoms with Gasteiger partial charge in [-0.15, -0.1) is 0 Å². The highest BCUT2D eigenvalue weighted by atomic mass is 19.1. The quantitative estimate of drug-likeness (QED) is 0.876. The number of hydrogen-bond acceptors (Lipinski definition) is 2. The molecule has 3 heteroatoms. The summed E-state index contributed by atoms with van der Waals surface area (Å²) in [5.41, 5.74) is 0.870. The summed E-state index contributed by atoms with van der Waals surface area (Å²) in [6, 6.07) is 6.60. The van der Waals surface area contributed by atoms with E-state index in [1.165, 1.54) is 12.1 Å². The van der Waals surface area contributed by atoms with Crippen LogP contribution in [0.3, 0.4) is 0 Å². The molecule has 0 bridgehead atoms. The number of halogens is 1. The van der Waals surface area contributed by atoms with Crippen LogP contribution in [0, 0.1) is 11.7 Å². The molecule has 20 heavy (non-hydrogen) atoms. The molecule has 0 fully saturated rings. The maximum Gasteiger partial charge on any atom is 0.134 e. The molecular formula is C17H24FNO. The molecule has 0 saturated heterocycles. The fraction of sp³-hybridized carbons (Fsp3) is 0.529. The molecule has 2 nitrogen and oxygen atoms in total. The average Bonchev–Trinajstić information content (AvgIpc) is 2.76. The van der Waals surface area contributed by atoms with Crippen molar-refractivity contribution >= 4 is 11.0 Å². The van der Waals surface area contributed by atoms with Gasteiger partial charge in [-0.05, 0) is 57.5 Å². The molecule has 0 aliphatic heterocycles. The average molecular weight is 277 g/mol. The summed E-state index contributed by atoms with van der Waals surface area (Å²) in [6.45, 7) is 11.8. The van der Waals surface area contributed by atoms with Crippen molar-refractivity contribution in [2.45, 2.75) is 46.1 Å². The van der Waals surface area contributed by atoms with Crippen molar-refractivity contribution in [3.8, 4) is 0 Å². The van der Waals surface area contributed by atoms with Crippen molar-refractivity contribution in [3.05, 3.63) is 35.8 Å². The summed E-state index contributed by atoms with van der Waals surface area (Å²) in [6.07, 6.45) is 0. The van der Waals surface area contributed by atoms with Crippen LogP contribution in [0.1, 0.15) is 46.3 Å². The number of benzene rings is 1. The number of fused-ring (bicyclic) bond motifs is 1. The van der Waals surface area contributed by atoms with Gasteiger partial charge in [-0.1, -0.05) is 13.8 Å². The molecule has 2 rings (SSSR count). The van der Waals surface area contributed by atoms with Gasteiger partial charge in [0.15, 0.2) is 0 Å². The van der Waals surface area contributed by atoms with Crippen LogP contribution in [0.2, 0.25) is 0 Å². The molecule has 1 aromatic carbocycles. The van der Waals surface area contributed by atoms with Gasteiger partial charge in [0.25, 0.3) is 0 Å². The van der Waals surface area contributed by atoms with E-state index in [-0.39, 0.29) is 11.4 Å². The number of nitrogens with one attached hydrogen (secondary N) is 1. The van der Waals surface area contributed by atoms with Crippen LogP contribution in [0.25, 0.3) is 11.0 Å². The van der Waals surface area contributed by atoms with E-state index in [9.17, 15) is 4.39 Å². The Labute approximate surface area is 120 Å². The van der Waals surface area contributed by atoms with E-state index in [2.05, 4.69) is 39.9 Å². The monoisotopic (exact) mass is 277 g/mol. The first-order valence-corrected chi connectivity index (χ1v) is 7.20. The largest absolute Gasteiger partial charge is 0.461 e. The highest BCUT2D eigenvalue weighted by Crippen LogP contribution is 2.30. The minimum atomic E-state index is -0.222. The molecule has 1 heterocycles. The summed E-state index contributed by atoms with van der Waals surface area (Å²) >= 11 is 0. The molecule has 2 aromatic rings. The van der Waals surface area contributed by atoms with Crippen LogP contribution in [0.5, 0.6) is 0 Å². The lowest BCUT2D eigenvalue weighted by atomic mass is 9.92. The minimum absolute atomic E-state index is 0.116. The third-order valence-electron chi connectivity index (χ3n) is 3.75. The summed E-state index contributed by atoms with van der Waals surface area (Å²) in [4.78, 5) is 0. The van der Waals surface area contributed by atoms with E-state index >= 15 is 0 Å². The van der Waals surface area contributed by atoms with E-state index < -0.39 is 0 Å². The van der Waals surface area contributed by atoms with E-state index in [0.717, 1.165) is 23.3 Å². The highest BCUT2D eigenvalue weighted by Gasteiger charge is 2.20. The number of hydrogen-bond donors (Lipinski definition) is 1. The van der Waals surface area contributed by atoms with Gasteiger partial charge in [0.2, 0.25) is 0 Å². The first-order chi connectivity index (χ1) is 9.26. The Morgan fingerprint density at radius 2 is 1.90 bits per heavy atom. The van der Waals surface area contributed by atoms with Gasteiger partial charge >= 0.3 is 0 Å². The van der Waals surface area contributed by atoms with Gasteiger partial charge in [0.1, 0.15) is 17.2 Å². The second-order valence-corrected chi connectivity index (χ2v) is 6.73. The van der Waals surface area contributed by atoms with Crippen molar-refractivity contribution in [1.29, 1.82) is 0 Å². The predicted molar refractivity (Wildman–Crippen MR) is 81.5 cm³/mol. The third-order valence-corrected chi connectivity index (χ3v) is 3.75. The van der Waals surface area contributed by atoms with Gasteiger partial charge < -0.3 is 9.73 Å². The van der Waals surface area contributed by atoms with Gasteiger partial charge in [0, 0.05) is 16.8 Å². The molecule has 0 amide bonds. The Hall–Kier alpha value is -1.35. The maximum absolute atomic E-state index is 13.2. The lowest BCUT2D eigenvalue weighted by Gasteiger charge is -2.25. The maximum atomic E-state index is 13.2. The Morgan fingerprint density at radius 3 is 2.55 bits per heavy atom. The van der Waals surface area contributed by atoms with Crippen LogP contribution >= 0.6 is 0 Å². The molecule has 0 radical (unpaired) electrons. The Kier molecular flexibility index (Phi) is 4.19. The van der Waals surface area contributed by atoms with Gasteiger partial charge in [-0.2, -0.15) is 0 Å². The van der Waals surface area contributed by atoms with Gasteiger partial charge in [0.05, 0.1) is 0 Å². The smallest absolute Gasteiger partial charge is 0.134 e. The predicted octanol–water partition coefficient (Wildman–Crippen LogP) is 4.70. The molecule has 0 spiro atoms. The number of rotatable bonds is 4. The zero-order valence-corrected chi connectivity index (χ0v) is 13.0. The summed E-state index contributed by atoms with van der Waals surface area (Å²) < 4.78 is 19.0. The topological polar surface area (TPSA) is 25.2 Å². The summed E-state index contributed by atoms with van der Waals surface area (Å²) in [5, 5.41) is 4.35. The molecule has 2 atom stereocenters. The third kappa shape index (κ3) is 3.60. The molecular weight excluding hydrogens is 253 g/mol. The molecule has 2 unspecified atom stereocenters. The Morgan fingerprint density at radius 1 is 1.20 bits per heavy atom. The summed E-state index contributed by atoms with van der Waals surface area (Å²) in [7, 11) is 0. The molecule has 1 aromatic heterocycles. The second kappa shape index (κ2) is 5.57. The van der Waals surface area contributed by atoms with Gasteiger partial charge in [-0.25, -0.2) is 4.39 Å². The van der Waals surface area contributed by atoms with Crippen molar-refractivity contribution in [1.82, 2.24) is 5.32 Å². The van der Waals surface area contributed by atoms with Crippen LogP contribution < -0.4 is 5.32 Å². The molecule has 0 saturated carbocycles. The van der Waals surface area contributed by atoms with Crippen molar-refractivity contribution in [2.24, 2.45) is 5.92 Å². The second-order valence-electron chi connectivity index (χ2n) is 6.73. The summed E-state index contributed by atoms with van der Waals surface area (Å²) in [5.74, 6) is 1.44. The lowest BCUT2D eigenvalue weighted by Crippen LogP contribution is -2.39. The van der Waals surface area contributed by atoms with Crippen molar-refractivity contribution < 1.29 is 8.81 Å². The van der Waals surface area contributed by atoms with E-state index in [1.54, 1.807) is 6.07 Å². The number of furan rings is 1. The van der Waals surface area contributed by atoms with Gasteiger partial charge in [-0.3, -0.25) is 0 Å². The normalized spacial score (nSPS) is 15.5. The first-order valence-electron chi connectivity index (χ1n) is 7.20. The lowest BCUT2D eigenvalue weighted by molar-refractivity contribution is 0.339. The molecule has 110 valence electrons. The molecule has 0 aliphatic carbocycles. The zero-order chi connectivity index (χ0) is 14.9. The first kappa shape index (κ1) is 15.0. The zero-order valence-electron chi connectivity index (χ0n) is 13.0. The van der Waals surface area contributed by atoms with Crippen molar-refractivity contribution in [2.75, 3.05) is 6.54 Å². The van der Waals surface area contributed by atoms with E-state index in [4.69, 9.17) is 4.42 Å². The minimum Gasteiger partial charge on any atom is -0.461 e. The SMILES string of the molecule is CC(CNC(C)(C)C)C(C)c1cc2cc(F)ccc2o1. The van der Waals surface area contributed by atoms with E-state index in [0.29, 0.717) is 11.8 Å². The fourth-order valence-corrected chi connectivity index (χ4v) is 2.18.